The Morgan fingerprint density at radius 2 is 1.71 bits per heavy atom. The van der Waals surface area contributed by atoms with Crippen molar-refractivity contribution in [3.8, 4) is 0 Å². The first-order valence-electron chi connectivity index (χ1n) is 5.16. The van der Waals surface area contributed by atoms with Gasteiger partial charge in [-0.25, -0.2) is 4.99 Å². The summed E-state index contributed by atoms with van der Waals surface area (Å²) < 4.78 is 0. The molecule has 2 heteroatoms. The lowest BCUT2D eigenvalue weighted by atomic mass is 10.1. The minimum Gasteiger partial charge on any atom is -0.387 e. The van der Waals surface area contributed by atoms with E-state index < -0.39 is 0 Å². The minimum absolute atomic E-state index is 0.308. The van der Waals surface area contributed by atoms with Gasteiger partial charge in [0.05, 0.1) is 0 Å². The summed E-state index contributed by atoms with van der Waals surface area (Å²) in [7, 11) is 0. The van der Waals surface area contributed by atoms with Crippen molar-refractivity contribution in [3.05, 3.63) is 23.9 Å². The Morgan fingerprint density at radius 1 is 1.14 bits per heavy atom. The van der Waals surface area contributed by atoms with E-state index in [0.29, 0.717) is 17.7 Å². The molecule has 0 saturated carbocycles. The number of nitrogens with two attached hydrogens (primary N) is 1. The second-order valence-electron chi connectivity index (χ2n) is 3.96. The maximum Gasteiger partial charge on any atom is 0.102 e. The van der Waals surface area contributed by atoms with Gasteiger partial charge in [-0.1, -0.05) is 39.8 Å². The maximum atomic E-state index is 5.81. The Morgan fingerprint density at radius 3 is 2.07 bits per heavy atom. The predicted molar refractivity (Wildman–Crippen MR) is 64.2 cm³/mol. The van der Waals surface area contributed by atoms with Crippen molar-refractivity contribution in [2.75, 3.05) is 0 Å². The molecular formula is C12H22N2. The summed E-state index contributed by atoms with van der Waals surface area (Å²) in [5, 5.41) is 0. The third-order valence-corrected chi connectivity index (χ3v) is 1.90. The summed E-state index contributed by atoms with van der Waals surface area (Å²) in [5.41, 5.74) is 6.85. The van der Waals surface area contributed by atoms with E-state index >= 15 is 0 Å². The molecule has 0 aromatic rings. The van der Waals surface area contributed by atoms with Crippen LogP contribution in [0, 0.1) is 11.8 Å². The van der Waals surface area contributed by atoms with Gasteiger partial charge in [0.2, 0.25) is 0 Å². The number of hydrogen-bond acceptors (Lipinski definition) is 1. The lowest BCUT2D eigenvalue weighted by Crippen LogP contribution is -2.19. The van der Waals surface area contributed by atoms with E-state index in [0.717, 1.165) is 5.70 Å². The smallest absolute Gasteiger partial charge is 0.102 e. The van der Waals surface area contributed by atoms with E-state index in [-0.39, 0.29) is 0 Å². The van der Waals surface area contributed by atoms with E-state index in [4.69, 9.17) is 5.73 Å². The van der Waals surface area contributed by atoms with Crippen LogP contribution in [0.1, 0.15) is 34.6 Å². The van der Waals surface area contributed by atoms with Crippen LogP contribution in [-0.2, 0) is 0 Å². The van der Waals surface area contributed by atoms with Crippen LogP contribution in [0.3, 0.4) is 0 Å². The molecule has 0 aliphatic rings. The van der Waals surface area contributed by atoms with Crippen LogP contribution in [0.15, 0.2) is 28.9 Å². The first-order valence-corrected chi connectivity index (χ1v) is 5.16. The van der Waals surface area contributed by atoms with Crippen molar-refractivity contribution < 1.29 is 0 Å². The van der Waals surface area contributed by atoms with Gasteiger partial charge in [-0.2, -0.15) is 0 Å². The van der Waals surface area contributed by atoms with Crippen LogP contribution in [0.2, 0.25) is 0 Å². The van der Waals surface area contributed by atoms with Crippen molar-refractivity contribution in [3.63, 3.8) is 0 Å². The molecule has 0 heterocycles. The normalized spacial score (nSPS) is 14.8. The van der Waals surface area contributed by atoms with Crippen LogP contribution < -0.4 is 5.73 Å². The molecule has 0 aromatic carbocycles. The topological polar surface area (TPSA) is 38.4 Å². The van der Waals surface area contributed by atoms with Gasteiger partial charge in [-0.15, -0.1) is 0 Å². The first-order chi connectivity index (χ1) is 6.49. The van der Waals surface area contributed by atoms with E-state index in [1.807, 2.05) is 39.0 Å². The number of nitrogens with zero attached hydrogens (tertiary/aromatic N) is 1. The summed E-state index contributed by atoms with van der Waals surface area (Å²) in [4.78, 5) is 4.42. The second-order valence-corrected chi connectivity index (χ2v) is 3.96. The van der Waals surface area contributed by atoms with Gasteiger partial charge in [-0.3, -0.25) is 0 Å². The minimum atomic E-state index is 0.308. The highest BCUT2D eigenvalue weighted by Gasteiger charge is 2.04. The molecule has 2 N–H and O–H groups in total. The van der Waals surface area contributed by atoms with Crippen LogP contribution >= 0.6 is 0 Å². The molecule has 0 saturated heterocycles. The second kappa shape index (κ2) is 6.41. The van der Waals surface area contributed by atoms with Crippen molar-refractivity contribution in [1.82, 2.24) is 0 Å². The first kappa shape index (κ1) is 12.9. The van der Waals surface area contributed by atoms with Gasteiger partial charge < -0.3 is 5.73 Å². The van der Waals surface area contributed by atoms with Crippen LogP contribution in [0.5, 0.6) is 0 Å². The van der Waals surface area contributed by atoms with Gasteiger partial charge in [0.15, 0.2) is 0 Å². The molecule has 0 atom stereocenters. The average molecular weight is 194 g/mol. The molecule has 0 unspecified atom stereocenters. The molecule has 80 valence electrons. The maximum absolute atomic E-state index is 5.81. The van der Waals surface area contributed by atoms with E-state index in [2.05, 4.69) is 18.8 Å². The fourth-order valence-corrected chi connectivity index (χ4v) is 0.832. The molecule has 14 heavy (non-hydrogen) atoms. The van der Waals surface area contributed by atoms with Gasteiger partial charge in [-0.05, 0) is 18.9 Å². The average Bonchev–Trinajstić information content (AvgIpc) is 2.10. The summed E-state index contributed by atoms with van der Waals surface area (Å²) in [6, 6.07) is 0. The predicted octanol–water partition coefficient (Wildman–Crippen LogP) is 3.12. The number of aliphatic imine (C=N–C) groups is 1. The lowest BCUT2D eigenvalue weighted by molar-refractivity contribution is 0.750. The molecule has 0 bridgehead atoms. The van der Waals surface area contributed by atoms with Crippen molar-refractivity contribution in [1.29, 1.82) is 0 Å². The number of rotatable bonds is 4. The van der Waals surface area contributed by atoms with Crippen LogP contribution in [-0.4, -0.2) is 5.84 Å². The highest BCUT2D eigenvalue weighted by Crippen LogP contribution is 2.12. The van der Waals surface area contributed by atoms with Gasteiger partial charge in [0, 0.05) is 11.6 Å². The Bertz CT molecular complexity index is 245. The van der Waals surface area contributed by atoms with Crippen molar-refractivity contribution >= 4 is 5.84 Å². The highest BCUT2D eigenvalue weighted by atomic mass is 14.9. The SMILES string of the molecule is C\C=C/C=C(\N=C(/N)C(C)C)C(C)C. The summed E-state index contributed by atoms with van der Waals surface area (Å²) >= 11 is 0. The Kier molecular flexibility index (Phi) is 5.93. The zero-order valence-electron chi connectivity index (χ0n) is 9.91. The summed E-state index contributed by atoms with van der Waals surface area (Å²) in [5.74, 6) is 1.42. The Labute approximate surface area is 87.6 Å². The fraction of sp³-hybridized carbons (Fsp3) is 0.583. The van der Waals surface area contributed by atoms with Crippen LogP contribution in [0.25, 0.3) is 0 Å². The van der Waals surface area contributed by atoms with Crippen molar-refractivity contribution in [2.45, 2.75) is 34.6 Å². The standard InChI is InChI=1S/C12H22N2/c1-6-7-8-11(9(2)3)14-12(13)10(4)5/h6-10H,1-5H3,(H2,13,14)/b7-6-,11-8-. The molecular weight excluding hydrogens is 172 g/mol. The zero-order chi connectivity index (χ0) is 11.1. The van der Waals surface area contributed by atoms with Crippen molar-refractivity contribution in [2.24, 2.45) is 22.6 Å². The third kappa shape index (κ3) is 4.85. The molecule has 0 aliphatic heterocycles. The molecule has 0 amide bonds. The quantitative estimate of drug-likeness (QED) is 0.417. The molecule has 0 aromatic heterocycles. The summed E-state index contributed by atoms with van der Waals surface area (Å²) in [6.07, 6.45) is 6.00. The Hall–Kier alpha value is -1.05. The molecule has 0 radical (unpaired) electrons. The summed E-state index contributed by atoms with van der Waals surface area (Å²) in [6.45, 7) is 10.3. The van der Waals surface area contributed by atoms with E-state index in [1.54, 1.807) is 0 Å². The largest absolute Gasteiger partial charge is 0.387 e. The molecule has 2 nitrogen and oxygen atoms in total. The molecule has 0 spiro atoms. The number of allylic oxidation sites excluding steroid dienone is 4. The number of amidine groups is 1. The third-order valence-electron chi connectivity index (χ3n) is 1.90. The fourth-order valence-electron chi connectivity index (χ4n) is 0.832. The highest BCUT2D eigenvalue weighted by molar-refractivity contribution is 5.83. The number of hydrogen-bond donors (Lipinski definition) is 1. The Balaban J connectivity index is 4.77. The lowest BCUT2D eigenvalue weighted by Gasteiger charge is -2.09. The van der Waals surface area contributed by atoms with Gasteiger partial charge in [0.1, 0.15) is 5.84 Å². The molecule has 0 rings (SSSR count). The van der Waals surface area contributed by atoms with E-state index in [1.165, 1.54) is 0 Å². The monoisotopic (exact) mass is 194 g/mol. The van der Waals surface area contributed by atoms with Gasteiger partial charge >= 0.3 is 0 Å². The van der Waals surface area contributed by atoms with E-state index in [9.17, 15) is 0 Å². The van der Waals surface area contributed by atoms with Gasteiger partial charge in [0.25, 0.3) is 0 Å². The molecule has 0 aliphatic carbocycles. The van der Waals surface area contributed by atoms with Crippen LogP contribution in [0.4, 0.5) is 0 Å². The molecule has 0 fully saturated rings. The zero-order valence-corrected chi connectivity index (χ0v) is 9.91.